The van der Waals surface area contributed by atoms with Crippen molar-refractivity contribution in [2.75, 3.05) is 38.0 Å². The molecule has 37 heavy (non-hydrogen) atoms. The zero-order valence-corrected chi connectivity index (χ0v) is 22.3. The molecular formula is C27H35N7O2S. The third kappa shape index (κ3) is 5.15. The fourth-order valence-electron chi connectivity index (χ4n) is 5.56. The molecule has 2 aromatic rings. The molecule has 1 atom stereocenters. The first-order chi connectivity index (χ1) is 17.9. The Bertz CT molecular complexity index is 1270. The Hall–Kier alpha value is -3.16. The lowest BCUT2D eigenvalue weighted by atomic mass is 9.89. The number of piperidine rings is 1. The van der Waals surface area contributed by atoms with Crippen molar-refractivity contribution in [3.8, 4) is 6.07 Å². The molecule has 5 rings (SSSR count). The predicted molar refractivity (Wildman–Crippen MR) is 147 cm³/mol. The number of nitrogens with one attached hydrogen (secondary N) is 2. The van der Waals surface area contributed by atoms with Crippen molar-refractivity contribution in [1.29, 1.82) is 5.26 Å². The van der Waals surface area contributed by atoms with Gasteiger partial charge in [-0.25, -0.2) is 0 Å². The quantitative estimate of drug-likeness (QED) is 0.361. The van der Waals surface area contributed by atoms with Crippen molar-refractivity contribution in [3.63, 3.8) is 0 Å². The molecular weight excluding hydrogens is 486 g/mol. The summed E-state index contributed by atoms with van der Waals surface area (Å²) in [4.78, 5) is 29.5. The Morgan fingerprint density at radius 2 is 2.00 bits per heavy atom. The Labute approximate surface area is 222 Å². The number of nitrogens with zero attached hydrogens (tertiary/aromatic N) is 4. The van der Waals surface area contributed by atoms with E-state index in [1.807, 2.05) is 13.0 Å². The first-order valence-corrected chi connectivity index (χ1v) is 14.0. The van der Waals surface area contributed by atoms with Crippen molar-refractivity contribution in [3.05, 3.63) is 40.7 Å². The van der Waals surface area contributed by atoms with Crippen LogP contribution in [0.5, 0.6) is 0 Å². The molecule has 9 nitrogen and oxygen atoms in total. The number of amides is 2. The van der Waals surface area contributed by atoms with E-state index in [1.54, 1.807) is 4.90 Å². The number of carbonyl (C=O) groups is 2. The lowest BCUT2D eigenvalue weighted by molar-refractivity contribution is -0.127. The summed E-state index contributed by atoms with van der Waals surface area (Å²) in [6.45, 7) is 4.94. The SMILES string of the molecule is CCN1C(=O)[C@@H](CNc2ccc3c(c2)c(C2CCN(C4CC4)CC2)cn3C)S/C1=C(/N)C(=O)NCC#N. The van der Waals surface area contributed by atoms with E-state index in [0.717, 1.165) is 11.7 Å². The lowest BCUT2D eigenvalue weighted by Crippen LogP contribution is -2.35. The standard InChI is InChI=1S/C27H35N7O2S/c1-3-34-26(36)23(37-27(34)24(29)25(35)30-11-10-28)15-31-18-4-7-22-20(14-18)21(16-32(22)2)17-8-12-33(13-9-17)19-5-6-19/h4,7,14,16-17,19,23,31H,3,5-6,8-9,11-13,15,29H2,1-2H3,(H,30,35)/b27-24+/t23-/m1/s1. The number of aromatic nitrogens is 1. The Morgan fingerprint density at radius 3 is 2.68 bits per heavy atom. The van der Waals surface area contributed by atoms with Crippen LogP contribution in [0.2, 0.25) is 0 Å². The molecule has 1 aromatic carbocycles. The van der Waals surface area contributed by atoms with Crippen molar-refractivity contribution in [1.82, 2.24) is 19.7 Å². The average molecular weight is 522 g/mol. The highest BCUT2D eigenvalue weighted by Gasteiger charge is 2.38. The Morgan fingerprint density at radius 1 is 1.24 bits per heavy atom. The second kappa shape index (κ2) is 10.7. The Kier molecular flexibility index (Phi) is 7.36. The molecule has 4 N–H and O–H groups in total. The molecule has 10 heteroatoms. The number of hydrogen-bond donors (Lipinski definition) is 3. The summed E-state index contributed by atoms with van der Waals surface area (Å²) in [5, 5.41) is 15.9. The zero-order chi connectivity index (χ0) is 26.1. The van der Waals surface area contributed by atoms with E-state index in [4.69, 9.17) is 11.0 Å². The maximum Gasteiger partial charge on any atom is 0.270 e. The van der Waals surface area contributed by atoms with Gasteiger partial charge in [0.25, 0.3) is 5.91 Å². The third-order valence-corrected chi connectivity index (χ3v) is 9.02. The average Bonchev–Trinajstić information content (AvgIpc) is 3.65. The van der Waals surface area contributed by atoms with Crippen LogP contribution in [0.3, 0.4) is 0 Å². The molecule has 2 saturated heterocycles. The summed E-state index contributed by atoms with van der Waals surface area (Å²) in [5.74, 6) is -0.0363. The molecule has 0 bridgehead atoms. The molecule has 196 valence electrons. The number of carbonyl (C=O) groups excluding carboxylic acids is 2. The topological polar surface area (TPSA) is 119 Å². The van der Waals surface area contributed by atoms with E-state index in [0.29, 0.717) is 24.0 Å². The normalized spacial score (nSPS) is 22.4. The third-order valence-electron chi connectivity index (χ3n) is 7.70. The van der Waals surface area contributed by atoms with Gasteiger partial charge in [-0.3, -0.25) is 9.59 Å². The first kappa shape index (κ1) is 25.5. The van der Waals surface area contributed by atoms with Crippen molar-refractivity contribution in [2.24, 2.45) is 12.8 Å². The van der Waals surface area contributed by atoms with E-state index in [1.165, 1.54) is 67.0 Å². The number of aryl methyl sites for hydroxylation is 1. The number of likely N-dealkylation sites (tertiary alicyclic amines) is 1. The summed E-state index contributed by atoms with van der Waals surface area (Å²) in [6.07, 6.45) is 7.42. The minimum absolute atomic E-state index is 0.0268. The van der Waals surface area contributed by atoms with Gasteiger partial charge < -0.3 is 30.7 Å². The molecule has 0 spiro atoms. The lowest BCUT2D eigenvalue weighted by Gasteiger charge is -2.32. The van der Waals surface area contributed by atoms with E-state index in [-0.39, 0.29) is 18.1 Å². The van der Waals surface area contributed by atoms with Crippen LogP contribution in [0.4, 0.5) is 5.69 Å². The minimum atomic E-state index is -0.533. The molecule has 3 heterocycles. The maximum absolute atomic E-state index is 13.0. The van der Waals surface area contributed by atoms with Gasteiger partial charge in [0, 0.05) is 49.0 Å². The minimum Gasteiger partial charge on any atom is -0.392 e. The van der Waals surface area contributed by atoms with Crippen LogP contribution in [-0.2, 0) is 16.6 Å². The number of hydrogen-bond acceptors (Lipinski definition) is 7. The summed E-state index contributed by atoms with van der Waals surface area (Å²) in [7, 11) is 2.11. The molecule has 2 amide bonds. The second-order valence-electron chi connectivity index (χ2n) is 10.1. The van der Waals surface area contributed by atoms with E-state index >= 15 is 0 Å². The van der Waals surface area contributed by atoms with Gasteiger partial charge in [0.2, 0.25) is 5.91 Å². The van der Waals surface area contributed by atoms with Crippen LogP contribution in [0.25, 0.3) is 10.9 Å². The van der Waals surface area contributed by atoms with Gasteiger partial charge >= 0.3 is 0 Å². The van der Waals surface area contributed by atoms with Gasteiger partial charge in [-0.15, -0.1) is 0 Å². The smallest absolute Gasteiger partial charge is 0.270 e. The van der Waals surface area contributed by atoms with Crippen molar-refractivity contribution in [2.45, 2.75) is 49.8 Å². The second-order valence-corrected chi connectivity index (χ2v) is 11.3. The number of thioether (sulfide) groups is 1. The first-order valence-electron chi connectivity index (χ1n) is 13.1. The van der Waals surface area contributed by atoms with Gasteiger partial charge in [0.1, 0.15) is 22.5 Å². The number of fused-ring (bicyclic) bond motifs is 1. The number of rotatable bonds is 8. The molecule has 1 saturated carbocycles. The maximum atomic E-state index is 13.0. The van der Waals surface area contributed by atoms with Crippen LogP contribution < -0.4 is 16.4 Å². The van der Waals surface area contributed by atoms with Crippen LogP contribution in [0.15, 0.2) is 35.1 Å². The summed E-state index contributed by atoms with van der Waals surface area (Å²) in [6, 6.07) is 9.11. The molecule has 2 aliphatic heterocycles. The number of nitriles is 1. The number of nitrogens with two attached hydrogens (primary N) is 1. The monoisotopic (exact) mass is 521 g/mol. The van der Waals surface area contributed by atoms with Gasteiger partial charge in [0.15, 0.2) is 0 Å². The van der Waals surface area contributed by atoms with Gasteiger partial charge in [-0.05, 0) is 75.4 Å². The van der Waals surface area contributed by atoms with E-state index in [2.05, 4.69) is 51.5 Å². The summed E-state index contributed by atoms with van der Waals surface area (Å²) in [5.41, 5.74) is 9.64. The predicted octanol–water partition coefficient (Wildman–Crippen LogP) is 2.66. The van der Waals surface area contributed by atoms with Crippen molar-refractivity contribution < 1.29 is 9.59 Å². The highest BCUT2D eigenvalue weighted by molar-refractivity contribution is 8.04. The highest BCUT2D eigenvalue weighted by atomic mass is 32.2. The highest BCUT2D eigenvalue weighted by Crippen LogP contribution is 2.39. The zero-order valence-electron chi connectivity index (χ0n) is 21.5. The van der Waals surface area contributed by atoms with E-state index < -0.39 is 11.2 Å². The van der Waals surface area contributed by atoms with E-state index in [9.17, 15) is 9.59 Å². The number of benzene rings is 1. The summed E-state index contributed by atoms with van der Waals surface area (Å²) >= 11 is 1.30. The van der Waals surface area contributed by atoms with Gasteiger partial charge in [-0.2, -0.15) is 5.26 Å². The fraction of sp³-hybridized carbons (Fsp3) is 0.519. The van der Waals surface area contributed by atoms with Crippen LogP contribution in [0, 0.1) is 11.3 Å². The molecule has 0 radical (unpaired) electrons. The summed E-state index contributed by atoms with van der Waals surface area (Å²) < 4.78 is 2.22. The van der Waals surface area contributed by atoms with Gasteiger partial charge in [0.05, 0.1) is 6.07 Å². The molecule has 3 fully saturated rings. The van der Waals surface area contributed by atoms with Crippen LogP contribution in [-0.4, -0.2) is 70.2 Å². The molecule has 0 unspecified atom stereocenters. The molecule has 1 aromatic heterocycles. The van der Waals surface area contributed by atoms with Crippen LogP contribution >= 0.6 is 11.8 Å². The number of anilines is 1. The van der Waals surface area contributed by atoms with Crippen molar-refractivity contribution >= 4 is 40.2 Å². The van der Waals surface area contributed by atoms with Crippen LogP contribution in [0.1, 0.15) is 44.1 Å². The fourth-order valence-corrected chi connectivity index (χ4v) is 6.79. The largest absolute Gasteiger partial charge is 0.392 e. The Balaban J connectivity index is 1.29. The molecule has 3 aliphatic rings. The van der Waals surface area contributed by atoms with Gasteiger partial charge in [-0.1, -0.05) is 11.8 Å². The molecule has 1 aliphatic carbocycles.